The van der Waals surface area contributed by atoms with E-state index in [4.69, 9.17) is 0 Å². The summed E-state index contributed by atoms with van der Waals surface area (Å²) in [4.78, 5) is 19.4. The molecular formula is C26H31Br2N3O. The second-order valence-corrected chi connectivity index (χ2v) is 10.7. The smallest absolute Gasteiger partial charge is 0.222 e. The monoisotopic (exact) mass is 559 g/mol. The maximum Gasteiger partial charge on any atom is 0.222 e. The Bertz CT molecular complexity index is 1000. The van der Waals surface area contributed by atoms with Gasteiger partial charge in [0.1, 0.15) is 15.4 Å². The molecule has 4 nitrogen and oxygen atoms in total. The topological polar surface area (TPSA) is 26.8 Å². The first-order valence-corrected chi connectivity index (χ1v) is 12.8. The van der Waals surface area contributed by atoms with Gasteiger partial charge in [-0.05, 0) is 102 Å². The molecule has 2 heterocycles. The predicted octanol–water partition coefficient (Wildman–Crippen LogP) is 6.73. The molecule has 0 saturated carbocycles. The highest BCUT2D eigenvalue weighted by molar-refractivity contribution is 9.14. The average Bonchev–Trinajstić information content (AvgIpc) is 3.18. The van der Waals surface area contributed by atoms with Gasteiger partial charge in [0.15, 0.2) is 0 Å². The molecule has 6 heteroatoms. The third kappa shape index (κ3) is 4.01. The van der Waals surface area contributed by atoms with Crippen LogP contribution in [0.2, 0.25) is 0 Å². The first-order chi connectivity index (χ1) is 15.1. The first kappa shape index (κ1) is 23.4. The summed E-state index contributed by atoms with van der Waals surface area (Å²) in [6.45, 7) is 14.4. The molecule has 4 rings (SSSR count). The number of rotatable bonds is 4. The minimum Gasteiger partial charge on any atom is -0.339 e. The third-order valence-electron chi connectivity index (χ3n) is 6.50. The molecule has 0 N–H and O–H groups in total. The fourth-order valence-electron chi connectivity index (χ4n) is 5.43. The van der Waals surface area contributed by atoms with E-state index in [0.29, 0.717) is 13.0 Å². The molecule has 1 saturated heterocycles. The fourth-order valence-corrected chi connectivity index (χ4v) is 6.64. The van der Waals surface area contributed by atoms with E-state index in [-0.39, 0.29) is 12.1 Å². The van der Waals surface area contributed by atoms with Crippen LogP contribution < -0.4 is 9.80 Å². The van der Waals surface area contributed by atoms with Gasteiger partial charge in [-0.3, -0.25) is 4.79 Å². The lowest BCUT2D eigenvalue weighted by atomic mass is 10.0. The van der Waals surface area contributed by atoms with E-state index in [0.717, 1.165) is 22.2 Å². The minimum atomic E-state index is -0.0546. The van der Waals surface area contributed by atoms with E-state index in [1.54, 1.807) is 0 Å². The van der Waals surface area contributed by atoms with Crippen molar-refractivity contribution in [1.29, 1.82) is 0 Å². The Morgan fingerprint density at radius 1 is 0.781 bits per heavy atom. The van der Waals surface area contributed by atoms with Crippen molar-refractivity contribution in [2.24, 2.45) is 0 Å². The molecular weight excluding hydrogens is 530 g/mol. The molecule has 0 bridgehead atoms. The lowest BCUT2D eigenvalue weighted by Gasteiger charge is -2.38. The van der Waals surface area contributed by atoms with Crippen molar-refractivity contribution in [1.82, 2.24) is 4.90 Å². The van der Waals surface area contributed by atoms with Crippen molar-refractivity contribution in [3.8, 4) is 0 Å². The number of hydrogen-bond donors (Lipinski definition) is 0. The van der Waals surface area contributed by atoms with Crippen LogP contribution in [0, 0.1) is 41.5 Å². The summed E-state index contributed by atoms with van der Waals surface area (Å²) >= 11 is 7.83. The lowest BCUT2D eigenvalue weighted by molar-refractivity contribution is -0.127. The van der Waals surface area contributed by atoms with Crippen LogP contribution in [0.3, 0.4) is 0 Å². The van der Waals surface area contributed by atoms with E-state index < -0.39 is 0 Å². The molecule has 0 aromatic heterocycles. The van der Waals surface area contributed by atoms with E-state index >= 15 is 0 Å². The number of amides is 1. The second-order valence-electron chi connectivity index (χ2n) is 9.24. The van der Waals surface area contributed by atoms with Gasteiger partial charge in [-0.2, -0.15) is 0 Å². The van der Waals surface area contributed by atoms with E-state index in [1.807, 2.05) is 4.90 Å². The summed E-state index contributed by atoms with van der Waals surface area (Å²) in [5, 5.41) is 0. The predicted molar refractivity (Wildman–Crippen MR) is 141 cm³/mol. The zero-order valence-electron chi connectivity index (χ0n) is 19.7. The number of benzene rings is 2. The van der Waals surface area contributed by atoms with Gasteiger partial charge in [0.2, 0.25) is 5.91 Å². The van der Waals surface area contributed by atoms with E-state index in [1.165, 1.54) is 44.8 Å². The van der Waals surface area contributed by atoms with Crippen molar-refractivity contribution in [3.05, 3.63) is 66.9 Å². The van der Waals surface area contributed by atoms with Crippen LogP contribution in [-0.4, -0.2) is 30.1 Å². The van der Waals surface area contributed by atoms with Crippen molar-refractivity contribution < 1.29 is 4.79 Å². The summed E-state index contributed by atoms with van der Waals surface area (Å²) in [5.41, 5.74) is 9.84. The van der Waals surface area contributed by atoms with Gasteiger partial charge in [0.05, 0.1) is 6.54 Å². The largest absolute Gasteiger partial charge is 0.339 e. The Balaban J connectivity index is 1.89. The van der Waals surface area contributed by atoms with Crippen LogP contribution in [0.5, 0.6) is 0 Å². The number of likely N-dealkylation sites (tertiary alicyclic amines) is 1. The summed E-state index contributed by atoms with van der Waals surface area (Å²) in [5.74, 6) is 0.249. The van der Waals surface area contributed by atoms with Gasteiger partial charge in [-0.25, -0.2) is 0 Å². The molecule has 0 unspecified atom stereocenters. The van der Waals surface area contributed by atoms with Crippen molar-refractivity contribution in [3.63, 3.8) is 0 Å². The SMILES string of the molecule is Cc1cc(C)c(N2C(Br)=C(Br)N(c3c(C)cc(C)cc3C)C2CN2CCCC2=O)c(C)c1. The first-order valence-electron chi connectivity index (χ1n) is 11.2. The number of aryl methyl sites for hydroxylation is 6. The molecule has 0 radical (unpaired) electrons. The van der Waals surface area contributed by atoms with Gasteiger partial charge in [-0.15, -0.1) is 0 Å². The normalized spacial score (nSPS) is 17.4. The molecule has 170 valence electrons. The molecule has 1 amide bonds. The van der Waals surface area contributed by atoms with Crippen LogP contribution in [0.15, 0.2) is 33.5 Å². The van der Waals surface area contributed by atoms with Crippen molar-refractivity contribution in [2.75, 3.05) is 22.9 Å². The van der Waals surface area contributed by atoms with Crippen LogP contribution >= 0.6 is 31.9 Å². The van der Waals surface area contributed by atoms with Gasteiger partial charge >= 0.3 is 0 Å². The average molecular weight is 561 g/mol. The van der Waals surface area contributed by atoms with Crippen LogP contribution in [0.4, 0.5) is 11.4 Å². The number of hydrogen-bond acceptors (Lipinski definition) is 3. The lowest BCUT2D eigenvalue weighted by Crippen LogP contribution is -2.49. The standard InChI is InChI=1S/C26H31Br2N3O/c1-15-10-17(3)23(18(4)11-15)30-21(14-29-9-7-8-22(29)32)31(26(28)25(30)27)24-19(5)12-16(2)13-20(24)6/h10-13,21H,7-9,14H2,1-6H3. The molecule has 2 aliphatic rings. The van der Waals surface area contributed by atoms with Crippen molar-refractivity contribution >= 4 is 49.1 Å². The highest BCUT2D eigenvalue weighted by atomic mass is 79.9. The number of halogens is 2. The molecule has 0 spiro atoms. The Hall–Kier alpha value is -1.79. The molecule has 2 aromatic carbocycles. The van der Waals surface area contributed by atoms with Gasteiger partial charge in [-0.1, -0.05) is 35.4 Å². The van der Waals surface area contributed by atoms with Gasteiger partial charge < -0.3 is 14.7 Å². The highest BCUT2D eigenvalue weighted by Crippen LogP contribution is 2.46. The maximum absolute atomic E-state index is 12.6. The summed E-state index contributed by atoms with van der Waals surface area (Å²) in [6, 6.07) is 8.94. The summed E-state index contributed by atoms with van der Waals surface area (Å²) in [6.07, 6.45) is 1.53. The van der Waals surface area contributed by atoms with Gasteiger partial charge in [0.25, 0.3) is 0 Å². The Morgan fingerprint density at radius 3 is 1.53 bits per heavy atom. The number of anilines is 2. The van der Waals surface area contributed by atoms with Crippen molar-refractivity contribution in [2.45, 2.75) is 60.5 Å². The Labute approximate surface area is 208 Å². The quantitative estimate of drug-likeness (QED) is 0.388. The minimum absolute atomic E-state index is 0.0546. The van der Waals surface area contributed by atoms with Gasteiger partial charge in [0, 0.05) is 24.3 Å². The Morgan fingerprint density at radius 2 is 1.19 bits per heavy atom. The second kappa shape index (κ2) is 8.86. The molecule has 0 atom stereocenters. The molecule has 2 aromatic rings. The van der Waals surface area contributed by atoms with E-state index in [2.05, 4.69) is 107 Å². The molecule has 1 fully saturated rings. The summed E-state index contributed by atoms with van der Waals surface area (Å²) in [7, 11) is 0. The molecule has 0 aliphatic carbocycles. The Kier molecular flexibility index (Phi) is 6.47. The number of carbonyl (C=O) groups excluding carboxylic acids is 1. The number of carbonyl (C=O) groups is 1. The zero-order valence-corrected chi connectivity index (χ0v) is 22.9. The van der Waals surface area contributed by atoms with Crippen LogP contribution in [-0.2, 0) is 4.79 Å². The zero-order chi connectivity index (χ0) is 23.3. The highest BCUT2D eigenvalue weighted by Gasteiger charge is 2.42. The maximum atomic E-state index is 12.6. The molecule has 2 aliphatic heterocycles. The van der Waals surface area contributed by atoms with E-state index in [9.17, 15) is 4.79 Å². The number of nitrogens with zero attached hydrogens (tertiary/aromatic N) is 3. The van der Waals surface area contributed by atoms with Crippen LogP contribution in [0.1, 0.15) is 46.2 Å². The summed E-state index contributed by atoms with van der Waals surface area (Å²) < 4.78 is 1.98. The third-order valence-corrected chi connectivity index (χ3v) is 8.54. The molecule has 32 heavy (non-hydrogen) atoms. The fraction of sp³-hybridized carbons (Fsp3) is 0.423. The van der Waals surface area contributed by atoms with Crippen LogP contribution in [0.25, 0.3) is 0 Å².